The van der Waals surface area contributed by atoms with Crippen LogP contribution in [0.2, 0.25) is 0 Å². The molecule has 0 aliphatic carbocycles. The van der Waals surface area contributed by atoms with Gasteiger partial charge in [0.25, 0.3) is 5.79 Å². The summed E-state index contributed by atoms with van der Waals surface area (Å²) in [6.07, 6.45) is 0.0826. The van der Waals surface area contributed by atoms with Crippen LogP contribution in [0, 0.1) is 11.8 Å². The van der Waals surface area contributed by atoms with Gasteiger partial charge in [-0.25, -0.2) is 0 Å². The Morgan fingerprint density at radius 2 is 1.67 bits per heavy atom. The summed E-state index contributed by atoms with van der Waals surface area (Å²) in [4.78, 5) is 36.0. The van der Waals surface area contributed by atoms with Crippen molar-refractivity contribution >= 4 is 17.7 Å². The third kappa shape index (κ3) is 3.48. The second-order valence-corrected chi connectivity index (χ2v) is 5.69. The van der Waals surface area contributed by atoms with Crippen molar-refractivity contribution in [3.63, 3.8) is 0 Å². The van der Waals surface area contributed by atoms with Crippen molar-refractivity contribution in [2.45, 2.75) is 33.0 Å². The van der Waals surface area contributed by atoms with Crippen LogP contribution in [0.15, 0.2) is 30.3 Å². The zero-order valence-electron chi connectivity index (χ0n) is 12.3. The van der Waals surface area contributed by atoms with Gasteiger partial charge in [-0.1, -0.05) is 37.3 Å². The predicted molar refractivity (Wildman–Crippen MR) is 74.3 cm³/mol. The maximum absolute atomic E-state index is 12.1. The Morgan fingerprint density at radius 3 is 2.19 bits per heavy atom. The first kappa shape index (κ1) is 15.2. The Hall–Kier alpha value is -2.17. The quantitative estimate of drug-likeness (QED) is 0.483. The van der Waals surface area contributed by atoms with E-state index in [1.807, 2.05) is 6.07 Å². The van der Waals surface area contributed by atoms with Crippen LogP contribution >= 0.6 is 0 Å². The van der Waals surface area contributed by atoms with Gasteiger partial charge in [0.15, 0.2) is 11.7 Å². The molecular weight excluding hydrogens is 272 g/mol. The number of benzene rings is 1. The molecule has 0 amide bonds. The maximum Gasteiger partial charge on any atom is 0.323 e. The van der Waals surface area contributed by atoms with E-state index in [4.69, 9.17) is 9.47 Å². The molecular formula is C16H18O5. The first-order chi connectivity index (χ1) is 9.80. The highest BCUT2D eigenvalue weighted by Crippen LogP contribution is 2.29. The van der Waals surface area contributed by atoms with E-state index in [1.54, 1.807) is 31.2 Å². The summed E-state index contributed by atoms with van der Waals surface area (Å²) in [5.41, 5.74) is 0.558. The second-order valence-electron chi connectivity index (χ2n) is 5.69. The summed E-state index contributed by atoms with van der Waals surface area (Å²) in [6, 6.07) is 8.76. The van der Waals surface area contributed by atoms with E-state index in [2.05, 4.69) is 0 Å². The van der Waals surface area contributed by atoms with Crippen molar-refractivity contribution < 1.29 is 23.9 Å². The van der Waals surface area contributed by atoms with Gasteiger partial charge in [0.05, 0.1) is 0 Å². The van der Waals surface area contributed by atoms with Crippen LogP contribution in [0.3, 0.4) is 0 Å². The number of ketones is 1. The van der Waals surface area contributed by atoms with Crippen LogP contribution in [0.1, 0.15) is 37.6 Å². The smallest absolute Gasteiger partial charge is 0.323 e. The van der Waals surface area contributed by atoms with E-state index in [1.165, 1.54) is 13.8 Å². The average molecular weight is 290 g/mol. The van der Waals surface area contributed by atoms with Crippen molar-refractivity contribution in [1.29, 1.82) is 0 Å². The molecule has 1 aliphatic heterocycles. The average Bonchev–Trinajstić information content (AvgIpc) is 2.37. The molecule has 1 aromatic carbocycles. The standard InChI is InChI=1S/C16H18O5/c1-10(9-12(17)11-7-5-4-6-8-11)13-14(18)20-16(2,3)21-15(13)19/h4-8,10,13H,9H2,1-3H3. The number of hydrogen-bond acceptors (Lipinski definition) is 5. The van der Waals surface area contributed by atoms with E-state index in [0.717, 1.165) is 0 Å². The monoisotopic (exact) mass is 290 g/mol. The topological polar surface area (TPSA) is 69.7 Å². The van der Waals surface area contributed by atoms with Crippen molar-refractivity contribution in [3.8, 4) is 0 Å². The summed E-state index contributed by atoms with van der Waals surface area (Å²) >= 11 is 0. The van der Waals surface area contributed by atoms with Crippen LogP contribution in [0.5, 0.6) is 0 Å². The molecule has 21 heavy (non-hydrogen) atoms. The van der Waals surface area contributed by atoms with Crippen LogP contribution in [0.4, 0.5) is 0 Å². The van der Waals surface area contributed by atoms with Crippen LogP contribution < -0.4 is 0 Å². The van der Waals surface area contributed by atoms with Crippen molar-refractivity contribution in [3.05, 3.63) is 35.9 Å². The third-order valence-electron chi connectivity index (χ3n) is 3.37. The van der Waals surface area contributed by atoms with Crippen molar-refractivity contribution in [2.75, 3.05) is 0 Å². The van der Waals surface area contributed by atoms with Gasteiger partial charge in [-0.3, -0.25) is 14.4 Å². The first-order valence-corrected chi connectivity index (χ1v) is 6.84. The Morgan fingerprint density at radius 1 is 1.14 bits per heavy atom. The molecule has 0 saturated carbocycles. The highest BCUT2D eigenvalue weighted by molar-refractivity contribution is 6.00. The lowest BCUT2D eigenvalue weighted by Crippen LogP contribution is -2.48. The Bertz CT molecular complexity index is 541. The molecule has 1 unspecified atom stereocenters. The van der Waals surface area contributed by atoms with Gasteiger partial charge < -0.3 is 9.47 Å². The lowest BCUT2D eigenvalue weighted by atomic mass is 9.87. The SMILES string of the molecule is CC(CC(=O)c1ccccc1)C1C(=O)OC(C)(C)OC1=O. The van der Waals surface area contributed by atoms with Gasteiger partial charge in [0.1, 0.15) is 0 Å². The van der Waals surface area contributed by atoms with E-state index in [-0.39, 0.29) is 12.2 Å². The van der Waals surface area contributed by atoms with Gasteiger partial charge in [0, 0.05) is 25.8 Å². The molecule has 1 saturated heterocycles. The van der Waals surface area contributed by atoms with Gasteiger partial charge in [-0.15, -0.1) is 0 Å². The molecule has 1 aromatic rings. The normalized spacial score (nSPS) is 19.6. The zero-order chi connectivity index (χ0) is 15.6. The largest absolute Gasteiger partial charge is 0.422 e. The molecule has 0 aromatic heterocycles. The Kier molecular flexibility index (Phi) is 4.11. The number of carbonyl (C=O) groups excluding carboxylic acids is 3. The van der Waals surface area contributed by atoms with E-state index in [9.17, 15) is 14.4 Å². The summed E-state index contributed by atoms with van der Waals surface area (Å²) < 4.78 is 10.1. The number of ether oxygens (including phenoxy) is 2. The van der Waals surface area contributed by atoms with E-state index < -0.39 is 29.6 Å². The van der Waals surface area contributed by atoms with Gasteiger partial charge >= 0.3 is 11.9 Å². The number of hydrogen-bond donors (Lipinski definition) is 0. The van der Waals surface area contributed by atoms with Crippen LogP contribution in [0.25, 0.3) is 0 Å². The minimum absolute atomic E-state index is 0.0826. The Balaban J connectivity index is 2.07. The predicted octanol–water partition coefficient (Wildman–Crippen LogP) is 2.35. The van der Waals surface area contributed by atoms with Gasteiger partial charge in [-0.05, 0) is 5.92 Å². The molecule has 0 bridgehead atoms. The maximum atomic E-state index is 12.1. The minimum atomic E-state index is -1.24. The Labute approximate surface area is 123 Å². The first-order valence-electron chi connectivity index (χ1n) is 6.84. The fraction of sp³-hybridized carbons (Fsp3) is 0.438. The van der Waals surface area contributed by atoms with Crippen LogP contribution in [-0.2, 0) is 19.1 Å². The highest BCUT2D eigenvalue weighted by Gasteiger charge is 2.46. The molecule has 5 heteroatoms. The van der Waals surface area contributed by atoms with Crippen LogP contribution in [-0.4, -0.2) is 23.5 Å². The van der Waals surface area contributed by atoms with Crippen molar-refractivity contribution in [2.24, 2.45) is 11.8 Å². The lowest BCUT2D eigenvalue weighted by Gasteiger charge is -2.34. The van der Waals surface area contributed by atoms with Gasteiger partial charge in [-0.2, -0.15) is 0 Å². The molecule has 2 rings (SSSR count). The number of carbonyl (C=O) groups is 3. The minimum Gasteiger partial charge on any atom is -0.422 e. The second kappa shape index (κ2) is 5.68. The molecule has 1 fully saturated rings. The molecule has 112 valence electrons. The summed E-state index contributed by atoms with van der Waals surface area (Å²) in [7, 11) is 0. The van der Waals surface area contributed by atoms with E-state index in [0.29, 0.717) is 5.56 Å². The molecule has 0 radical (unpaired) electrons. The fourth-order valence-corrected chi connectivity index (χ4v) is 2.35. The summed E-state index contributed by atoms with van der Waals surface area (Å²) in [5, 5.41) is 0. The molecule has 1 heterocycles. The van der Waals surface area contributed by atoms with Crippen molar-refractivity contribution in [1.82, 2.24) is 0 Å². The summed E-state index contributed by atoms with van der Waals surface area (Å²) in [6.45, 7) is 4.67. The fourth-order valence-electron chi connectivity index (χ4n) is 2.35. The zero-order valence-corrected chi connectivity index (χ0v) is 12.3. The number of rotatable bonds is 4. The molecule has 0 spiro atoms. The highest BCUT2D eigenvalue weighted by atomic mass is 16.7. The number of Topliss-reactive ketones (excluding diaryl/α,β-unsaturated/α-hetero) is 1. The molecule has 1 atom stereocenters. The molecule has 1 aliphatic rings. The van der Waals surface area contributed by atoms with E-state index >= 15 is 0 Å². The molecule has 5 nitrogen and oxygen atoms in total. The molecule has 0 N–H and O–H groups in total. The lowest BCUT2D eigenvalue weighted by molar-refractivity contribution is -0.242. The summed E-state index contributed by atoms with van der Waals surface area (Å²) in [5.74, 6) is -4.16. The third-order valence-corrected chi connectivity index (χ3v) is 3.37. The number of esters is 2. The van der Waals surface area contributed by atoms with Gasteiger partial charge in [0.2, 0.25) is 0 Å². The number of cyclic esters (lactones) is 2.